The quantitative estimate of drug-likeness (QED) is 0.823. The Kier molecular flexibility index (Phi) is 4.01. The molecule has 3 N–H and O–H groups in total. The van der Waals surface area contributed by atoms with Crippen molar-refractivity contribution in [2.24, 2.45) is 0 Å². The van der Waals surface area contributed by atoms with E-state index < -0.39 is 17.3 Å². The second-order valence-electron chi connectivity index (χ2n) is 4.36. The van der Waals surface area contributed by atoms with Crippen LogP contribution in [-0.4, -0.2) is 30.1 Å². The molecule has 0 atom stereocenters. The van der Waals surface area contributed by atoms with Crippen LogP contribution >= 0.6 is 0 Å². The molecule has 0 aromatic carbocycles. The molecule has 1 rings (SSSR count). The van der Waals surface area contributed by atoms with Gasteiger partial charge < -0.3 is 15.8 Å². The largest absolute Gasteiger partial charge is 0.383 e. The van der Waals surface area contributed by atoms with Crippen LogP contribution in [0.2, 0.25) is 0 Å². The van der Waals surface area contributed by atoms with Gasteiger partial charge in [0.05, 0.1) is 23.9 Å². The van der Waals surface area contributed by atoms with Crippen LogP contribution in [0.1, 0.15) is 24.2 Å². The third kappa shape index (κ3) is 3.67. The van der Waals surface area contributed by atoms with Gasteiger partial charge in [-0.3, -0.25) is 4.79 Å². The highest BCUT2D eigenvalue weighted by Gasteiger charge is 2.22. The van der Waals surface area contributed by atoms with E-state index in [4.69, 9.17) is 10.5 Å². The average Bonchev–Trinajstić information content (AvgIpc) is 2.20. The molecule has 0 aliphatic carbocycles. The number of nitrogens with one attached hydrogen (secondary N) is 1. The highest BCUT2D eigenvalue weighted by atomic mass is 19.1. The number of nitrogen functional groups attached to an aromatic ring is 1. The van der Waals surface area contributed by atoms with Crippen LogP contribution in [-0.2, 0) is 4.74 Å². The molecule has 1 aromatic rings. The molecular weight excluding hydrogens is 225 g/mol. The van der Waals surface area contributed by atoms with E-state index in [1.807, 2.05) is 0 Å². The lowest BCUT2D eigenvalue weighted by Crippen LogP contribution is -2.47. The first-order valence-corrected chi connectivity index (χ1v) is 5.08. The van der Waals surface area contributed by atoms with Crippen molar-refractivity contribution in [1.29, 1.82) is 0 Å². The molecule has 0 fully saturated rings. The summed E-state index contributed by atoms with van der Waals surface area (Å²) in [7, 11) is 1.53. The van der Waals surface area contributed by atoms with Crippen LogP contribution in [0.25, 0.3) is 0 Å². The summed E-state index contributed by atoms with van der Waals surface area (Å²) >= 11 is 0. The predicted molar refractivity (Wildman–Crippen MR) is 62.0 cm³/mol. The number of ether oxygens (including phenoxy) is 1. The van der Waals surface area contributed by atoms with Crippen LogP contribution in [0.3, 0.4) is 0 Å². The molecule has 0 unspecified atom stereocenters. The third-order valence-corrected chi connectivity index (χ3v) is 2.09. The van der Waals surface area contributed by atoms with Crippen molar-refractivity contribution in [3.05, 3.63) is 23.6 Å². The number of nitrogens with zero attached hydrogens (tertiary/aromatic N) is 1. The van der Waals surface area contributed by atoms with E-state index in [-0.39, 0.29) is 11.4 Å². The van der Waals surface area contributed by atoms with Gasteiger partial charge in [0.15, 0.2) is 0 Å². The van der Waals surface area contributed by atoms with Gasteiger partial charge in [-0.25, -0.2) is 9.37 Å². The van der Waals surface area contributed by atoms with E-state index in [0.29, 0.717) is 6.61 Å². The van der Waals surface area contributed by atoms with Gasteiger partial charge in [-0.05, 0) is 19.9 Å². The Morgan fingerprint density at radius 2 is 2.29 bits per heavy atom. The lowest BCUT2D eigenvalue weighted by atomic mass is 10.1. The monoisotopic (exact) mass is 241 g/mol. The number of carbonyl (C=O) groups is 1. The standard InChI is InChI=1S/C11H16FN3O2/c1-11(2,6-17-3)15-10(16)8-4-7(12)5-14-9(8)13/h4-5H,6H2,1-3H3,(H2,13,14)(H,15,16). The van der Waals surface area contributed by atoms with Crippen LogP contribution in [0.5, 0.6) is 0 Å². The van der Waals surface area contributed by atoms with Crippen molar-refractivity contribution in [3.8, 4) is 0 Å². The Hall–Kier alpha value is -1.69. The van der Waals surface area contributed by atoms with E-state index in [9.17, 15) is 9.18 Å². The molecule has 0 aliphatic rings. The summed E-state index contributed by atoms with van der Waals surface area (Å²) in [6, 6.07) is 1.06. The molecule has 94 valence electrons. The molecule has 0 saturated carbocycles. The van der Waals surface area contributed by atoms with Gasteiger partial charge in [0.25, 0.3) is 5.91 Å². The Morgan fingerprint density at radius 3 is 2.88 bits per heavy atom. The molecule has 1 aromatic heterocycles. The van der Waals surface area contributed by atoms with Crippen molar-refractivity contribution in [1.82, 2.24) is 10.3 Å². The average molecular weight is 241 g/mol. The fraction of sp³-hybridized carbons (Fsp3) is 0.455. The molecule has 1 amide bonds. The number of nitrogens with two attached hydrogens (primary N) is 1. The highest BCUT2D eigenvalue weighted by molar-refractivity contribution is 5.98. The molecule has 0 spiro atoms. The summed E-state index contributed by atoms with van der Waals surface area (Å²) < 4.78 is 17.9. The Bertz CT molecular complexity index is 421. The van der Waals surface area contributed by atoms with E-state index in [0.717, 1.165) is 12.3 Å². The van der Waals surface area contributed by atoms with Crippen molar-refractivity contribution in [2.75, 3.05) is 19.5 Å². The van der Waals surface area contributed by atoms with Gasteiger partial charge in [0, 0.05) is 7.11 Å². The minimum Gasteiger partial charge on any atom is -0.383 e. The van der Waals surface area contributed by atoms with Crippen molar-refractivity contribution in [3.63, 3.8) is 0 Å². The van der Waals surface area contributed by atoms with Crippen LogP contribution in [0, 0.1) is 5.82 Å². The summed E-state index contributed by atoms with van der Waals surface area (Å²) in [4.78, 5) is 15.4. The summed E-state index contributed by atoms with van der Waals surface area (Å²) in [5.74, 6) is -1.08. The van der Waals surface area contributed by atoms with Crippen LogP contribution in [0.15, 0.2) is 12.3 Å². The zero-order valence-corrected chi connectivity index (χ0v) is 10.1. The number of amides is 1. The molecule has 5 nitrogen and oxygen atoms in total. The SMILES string of the molecule is COCC(C)(C)NC(=O)c1cc(F)cnc1N. The maximum atomic E-state index is 13.0. The number of hydrogen-bond donors (Lipinski definition) is 2. The Labute approximate surface area is 99.2 Å². The molecule has 0 saturated heterocycles. The van der Waals surface area contributed by atoms with E-state index in [2.05, 4.69) is 10.3 Å². The Morgan fingerprint density at radius 1 is 1.65 bits per heavy atom. The molecule has 0 radical (unpaired) electrons. The second-order valence-corrected chi connectivity index (χ2v) is 4.36. The van der Waals surface area contributed by atoms with Crippen LogP contribution in [0.4, 0.5) is 10.2 Å². The lowest BCUT2D eigenvalue weighted by Gasteiger charge is -2.25. The number of methoxy groups -OCH3 is 1. The fourth-order valence-corrected chi connectivity index (χ4v) is 1.40. The first-order valence-electron chi connectivity index (χ1n) is 5.08. The molecule has 6 heteroatoms. The molecule has 0 bridgehead atoms. The minimum atomic E-state index is -0.603. The number of pyridine rings is 1. The molecule has 0 aliphatic heterocycles. The smallest absolute Gasteiger partial charge is 0.255 e. The van der Waals surface area contributed by atoms with E-state index in [1.165, 1.54) is 7.11 Å². The first kappa shape index (κ1) is 13.4. The Balaban J connectivity index is 2.86. The zero-order valence-electron chi connectivity index (χ0n) is 10.1. The van der Waals surface area contributed by atoms with Gasteiger partial charge in [-0.1, -0.05) is 0 Å². The topological polar surface area (TPSA) is 77.2 Å². The highest BCUT2D eigenvalue weighted by Crippen LogP contribution is 2.12. The fourth-order valence-electron chi connectivity index (χ4n) is 1.40. The van der Waals surface area contributed by atoms with Gasteiger partial charge in [-0.15, -0.1) is 0 Å². The lowest BCUT2D eigenvalue weighted by molar-refractivity contribution is 0.0820. The second kappa shape index (κ2) is 5.09. The molecule has 1 heterocycles. The molecule has 17 heavy (non-hydrogen) atoms. The first-order chi connectivity index (χ1) is 7.85. The number of carbonyl (C=O) groups excluding carboxylic acids is 1. The number of halogens is 1. The number of rotatable bonds is 4. The zero-order chi connectivity index (χ0) is 13.1. The summed E-state index contributed by atoms with van der Waals surface area (Å²) in [5.41, 5.74) is 4.97. The maximum absolute atomic E-state index is 13.0. The normalized spacial score (nSPS) is 11.3. The summed E-state index contributed by atoms with van der Waals surface area (Å²) in [6.45, 7) is 3.91. The number of hydrogen-bond acceptors (Lipinski definition) is 4. The van der Waals surface area contributed by atoms with Gasteiger partial charge in [0.2, 0.25) is 0 Å². The van der Waals surface area contributed by atoms with Gasteiger partial charge in [-0.2, -0.15) is 0 Å². The van der Waals surface area contributed by atoms with Crippen LogP contribution < -0.4 is 11.1 Å². The van der Waals surface area contributed by atoms with E-state index >= 15 is 0 Å². The predicted octanol–water partition coefficient (Wildman–Crippen LogP) is 0.958. The minimum absolute atomic E-state index is 0.00267. The van der Waals surface area contributed by atoms with Gasteiger partial charge >= 0.3 is 0 Å². The third-order valence-electron chi connectivity index (χ3n) is 2.09. The summed E-state index contributed by atoms with van der Waals surface area (Å²) in [5, 5.41) is 2.69. The maximum Gasteiger partial charge on any atom is 0.255 e. The summed E-state index contributed by atoms with van der Waals surface area (Å²) in [6.07, 6.45) is 0.965. The number of anilines is 1. The van der Waals surface area contributed by atoms with Crippen molar-refractivity contribution < 1.29 is 13.9 Å². The molecular formula is C11H16FN3O2. The van der Waals surface area contributed by atoms with E-state index in [1.54, 1.807) is 13.8 Å². The van der Waals surface area contributed by atoms with Crippen molar-refractivity contribution in [2.45, 2.75) is 19.4 Å². The van der Waals surface area contributed by atoms with Crippen molar-refractivity contribution >= 4 is 11.7 Å². The number of aromatic nitrogens is 1. The van der Waals surface area contributed by atoms with Gasteiger partial charge in [0.1, 0.15) is 11.6 Å².